The van der Waals surface area contributed by atoms with E-state index in [1.54, 1.807) is 14.2 Å². The first kappa shape index (κ1) is 14.7. The van der Waals surface area contributed by atoms with E-state index in [-0.39, 0.29) is 12.0 Å². The van der Waals surface area contributed by atoms with Crippen molar-refractivity contribution in [3.8, 4) is 11.5 Å². The van der Waals surface area contributed by atoms with Crippen LogP contribution in [0.1, 0.15) is 30.5 Å². The summed E-state index contributed by atoms with van der Waals surface area (Å²) in [5.41, 5.74) is 2.28. The average molecular weight is 279 g/mol. The molecule has 0 unspecified atom stereocenters. The molecule has 5 heteroatoms. The van der Waals surface area contributed by atoms with Crippen LogP contribution in [-0.4, -0.2) is 33.3 Å². The molecular weight excluding hydrogens is 258 g/mol. The molecular formula is C15H21NO4. The molecule has 0 amide bonds. The summed E-state index contributed by atoms with van der Waals surface area (Å²) in [4.78, 5) is 11.7. The van der Waals surface area contributed by atoms with Gasteiger partial charge in [0.15, 0.2) is 11.5 Å². The van der Waals surface area contributed by atoms with Crippen LogP contribution in [0.25, 0.3) is 0 Å². The number of benzene rings is 1. The SMILES string of the molecule is CCOC(=O)C[C@@H]1NCCc2cc(OC)c(OC)cc21. The Hall–Kier alpha value is -1.75. The predicted octanol–water partition coefficient (Wildman–Crippen LogP) is 1.84. The van der Waals surface area contributed by atoms with E-state index >= 15 is 0 Å². The highest BCUT2D eigenvalue weighted by molar-refractivity contribution is 5.71. The minimum absolute atomic E-state index is 0.0300. The first-order chi connectivity index (χ1) is 9.69. The Balaban J connectivity index is 2.27. The van der Waals surface area contributed by atoms with Gasteiger partial charge in [-0.05, 0) is 43.1 Å². The first-order valence-corrected chi connectivity index (χ1v) is 6.83. The van der Waals surface area contributed by atoms with Gasteiger partial charge in [0.2, 0.25) is 0 Å². The van der Waals surface area contributed by atoms with Crippen molar-refractivity contribution in [2.45, 2.75) is 25.8 Å². The average Bonchev–Trinajstić information content (AvgIpc) is 2.46. The summed E-state index contributed by atoms with van der Waals surface area (Å²) in [6.07, 6.45) is 1.24. The molecule has 1 aromatic rings. The minimum atomic E-state index is -0.187. The second-order valence-electron chi connectivity index (χ2n) is 4.67. The van der Waals surface area contributed by atoms with Gasteiger partial charge >= 0.3 is 5.97 Å². The third-order valence-corrected chi connectivity index (χ3v) is 3.48. The van der Waals surface area contributed by atoms with E-state index in [4.69, 9.17) is 14.2 Å². The molecule has 20 heavy (non-hydrogen) atoms. The molecule has 5 nitrogen and oxygen atoms in total. The Kier molecular flexibility index (Phi) is 4.84. The van der Waals surface area contributed by atoms with Crippen molar-refractivity contribution in [3.63, 3.8) is 0 Å². The third-order valence-electron chi connectivity index (χ3n) is 3.48. The van der Waals surface area contributed by atoms with Crippen LogP contribution in [0.15, 0.2) is 12.1 Å². The van der Waals surface area contributed by atoms with E-state index in [1.807, 2.05) is 19.1 Å². The van der Waals surface area contributed by atoms with Gasteiger partial charge < -0.3 is 19.5 Å². The lowest BCUT2D eigenvalue weighted by atomic mass is 9.92. The number of hydrogen-bond donors (Lipinski definition) is 1. The maximum atomic E-state index is 11.7. The molecule has 1 aliphatic heterocycles. The zero-order valence-corrected chi connectivity index (χ0v) is 12.2. The maximum absolute atomic E-state index is 11.7. The van der Waals surface area contributed by atoms with Crippen molar-refractivity contribution in [3.05, 3.63) is 23.3 Å². The monoisotopic (exact) mass is 279 g/mol. The summed E-state index contributed by atoms with van der Waals surface area (Å²) in [5, 5.41) is 3.36. The fourth-order valence-electron chi connectivity index (χ4n) is 2.54. The molecule has 1 aromatic carbocycles. The van der Waals surface area contributed by atoms with Crippen LogP contribution < -0.4 is 14.8 Å². The van der Waals surface area contributed by atoms with Crippen LogP contribution in [0.2, 0.25) is 0 Å². The highest BCUT2D eigenvalue weighted by atomic mass is 16.5. The molecule has 1 atom stereocenters. The van der Waals surface area contributed by atoms with Crippen molar-refractivity contribution in [2.75, 3.05) is 27.4 Å². The van der Waals surface area contributed by atoms with Crippen molar-refractivity contribution in [1.29, 1.82) is 0 Å². The largest absolute Gasteiger partial charge is 0.493 e. The van der Waals surface area contributed by atoms with Crippen LogP contribution in [0, 0.1) is 0 Å². The Morgan fingerprint density at radius 2 is 2.00 bits per heavy atom. The lowest BCUT2D eigenvalue weighted by Crippen LogP contribution is -2.32. The second kappa shape index (κ2) is 6.61. The van der Waals surface area contributed by atoms with Gasteiger partial charge in [0, 0.05) is 6.04 Å². The van der Waals surface area contributed by atoms with Gasteiger partial charge in [-0.2, -0.15) is 0 Å². The summed E-state index contributed by atoms with van der Waals surface area (Å²) in [7, 11) is 3.24. The number of carbonyl (C=O) groups is 1. The Morgan fingerprint density at radius 3 is 2.65 bits per heavy atom. The molecule has 2 rings (SSSR count). The molecule has 1 aliphatic rings. The number of carbonyl (C=O) groups excluding carboxylic acids is 1. The van der Waals surface area contributed by atoms with E-state index in [1.165, 1.54) is 5.56 Å². The van der Waals surface area contributed by atoms with E-state index in [0.29, 0.717) is 18.8 Å². The number of hydrogen-bond acceptors (Lipinski definition) is 5. The molecule has 0 aromatic heterocycles. The molecule has 1 N–H and O–H groups in total. The van der Waals surface area contributed by atoms with Crippen molar-refractivity contribution < 1.29 is 19.0 Å². The van der Waals surface area contributed by atoms with Gasteiger partial charge in [-0.15, -0.1) is 0 Å². The molecule has 0 saturated heterocycles. The van der Waals surface area contributed by atoms with Crippen molar-refractivity contribution >= 4 is 5.97 Å². The first-order valence-electron chi connectivity index (χ1n) is 6.83. The maximum Gasteiger partial charge on any atom is 0.307 e. The molecule has 0 radical (unpaired) electrons. The normalized spacial score (nSPS) is 17.2. The van der Waals surface area contributed by atoms with Gasteiger partial charge in [0.1, 0.15) is 0 Å². The number of fused-ring (bicyclic) bond motifs is 1. The Bertz CT molecular complexity index is 487. The molecule has 1 heterocycles. The lowest BCUT2D eigenvalue weighted by molar-refractivity contribution is -0.143. The highest BCUT2D eigenvalue weighted by Gasteiger charge is 2.24. The van der Waals surface area contributed by atoms with E-state index in [9.17, 15) is 4.79 Å². The van der Waals surface area contributed by atoms with Crippen LogP contribution in [-0.2, 0) is 16.0 Å². The fourth-order valence-corrected chi connectivity index (χ4v) is 2.54. The van der Waals surface area contributed by atoms with Gasteiger partial charge in [-0.3, -0.25) is 4.79 Å². The summed E-state index contributed by atoms with van der Waals surface area (Å²) in [6.45, 7) is 3.06. The lowest BCUT2D eigenvalue weighted by Gasteiger charge is -2.27. The molecule has 0 bridgehead atoms. The second-order valence-corrected chi connectivity index (χ2v) is 4.67. The Morgan fingerprint density at radius 1 is 1.30 bits per heavy atom. The minimum Gasteiger partial charge on any atom is -0.493 e. The smallest absolute Gasteiger partial charge is 0.307 e. The number of methoxy groups -OCH3 is 2. The zero-order chi connectivity index (χ0) is 14.5. The summed E-state index contributed by atoms with van der Waals surface area (Å²) >= 11 is 0. The van der Waals surface area contributed by atoms with Crippen molar-refractivity contribution in [1.82, 2.24) is 5.32 Å². The molecule has 0 spiro atoms. The zero-order valence-electron chi connectivity index (χ0n) is 12.2. The predicted molar refractivity (Wildman–Crippen MR) is 75.2 cm³/mol. The van der Waals surface area contributed by atoms with Gasteiger partial charge in [-0.25, -0.2) is 0 Å². The number of ether oxygens (including phenoxy) is 3. The molecule has 0 aliphatic carbocycles. The summed E-state index contributed by atoms with van der Waals surface area (Å²) in [5.74, 6) is 1.22. The van der Waals surface area contributed by atoms with Gasteiger partial charge in [0.05, 0.1) is 27.2 Å². The fraction of sp³-hybridized carbons (Fsp3) is 0.533. The van der Waals surface area contributed by atoms with Crippen molar-refractivity contribution in [2.24, 2.45) is 0 Å². The van der Waals surface area contributed by atoms with Gasteiger partial charge in [0.25, 0.3) is 0 Å². The van der Waals surface area contributed by atoms with Crippen LogP contribution in [0.4, 0.5) is 0 Å². The van der Waals surface area contributed by atoms with Crippen LogP contribution in [0.3, 0.4) is 0 Å². The molecule has 0 saturated carbocycles. The highest BCUT2D eigenvalue weighted by Crippen LogP contribution is 2.36. The molecule has 110 valence electrons. The van der Waals surface area contributed by atoms with Crippen LogP contribution in [0.5, 0.6) is 11.5 Å². The standard InChI is InChI=1S/C15H21NO4/c1-4-20-15(17)9-12-11-8-14(19-3)13(18-2)7-10(11)5-6-16-12/h7-8,12,16H,4-6,9H2,1-3H3/t12-/m0/s1. The number of esters is 1. The molecule has 0 fully saturated rings. The van der Waals surface area contributed by atoms with Crippen LogP contribution >= 0.6 is 0 Å². The number of nitrogens with one attached hydrogen (secondary N) is 1. The quantitative estimate of drug-likeness (QED) is 0.834. The van der Waals surface area contributed by atoms with E-state index in [0.717, 1.165) is 24.3 Å². The van der Waals surface area contributed by atoms with E-state index < -0.39 is 0 Å². The topological polar surface area (TPSA) is 56.8 Å². The third kappa shape index (κ3) is 3.04. The van der Waals surface area contributed by atoms with E-state index in [2.05, 4.69) is 5.32 Å². The number of rotatable bonds is 5. The summed E-state index contributed by atoms with van der Waals surface area (Å²) < 4.78 is 15.7. The summed E-state index contributed by atoms with van der Waals surface area (Å²) in [6, 6.07) is 3.91. The Labute approximate surface area is 119 Å². The van der Waals surface area contributed by atoms with Gasteiger partial charge in [-0.1, -0.05) is 0 Å².